The smallest absolute Gasteiger partial charge is 0.123 e. The van der Waals surface area contributed by atoms with E-state index in [1.807, 2.05) is 13.0 Å². The monoisotopic (exact) mass is 234 g/mol. The van der Waals surface area contributed by atoms with Gasteiger partial charge in [0.25, 0.3) is 0 Å². The second kappa shape index (κ2) is 4.39. The van der Waals surface area contributed by atoms with Crippen molar-refractivity contribution in [2.24, 2.45) is 11.8 Å². The van der Waals surface area contributed by atoms with E-state index in [2.05, 4.69) is 10.2 Å². The SMILES string of the molecule is Cc1cc(F)ccc1CN1CC2CNCC2C1. The van der Waals surface area contributed by atoms with Gasteiger partial charge >= 0.3 is 0 Å². The van der Waals surface area contributed by atoms with Crippen LogP contribution < -0.4 is 5.32 Å². The summed E-state index contributed by atoms with van der Waals surface area (Å²) in [6, 6.07) is 5.13. The van der Waals surface area contributed by atoms with Crippen LogP contribution in [0.25, 0.3) is 0 Å². The van der Waals surface area contributed by atoms with Gasteiger partial charge in [0.1, 0.15) is 5.82 Å². The first-order chi connectivity index (χ1) is 8.22. The highest BCUT2D eigenvalue weighted by atomic mass is 19.1. The molecule has 0 saturated carbocycles. The Labute approximate surface area is 102 Å². The van der Waals surface area contributed by atoms with Gasteiger partial charge in [-0.3, -0.25) is 4.90 Å². The van der Waals surface area contributed by atoms with Crippen molar-refractivity contribution in [3.63, 3.8) is 0 Å². The topological polar surface area (TPSA) is 15.3 Å². The molecule has 3 rings (SSSR count). The van der Waals surface area contributed by atoms with E-state index in [0.717, 1.165) is 23.9 Å². The number of benzene rings is 1. The molecule has 3 heteroatoms. The first-order valence-electron chi connectivity index (χ1n) is 6.40. The molecule has 2 nitrogen and oxygen atoms in total. The van der Waals surface area contributed by atoms with E-state index in [1.54, 1.807) is 12.1 Å². The molecule has 2 aliphatic rings. The van der Waals surface area contributed by atoms with Gasteiger partial charge in [0, 0.05) is 19.6 Å². The van der Waals surface area contributed by atoms with Crippen molar-refractivity contribution >= 4 is 0 Å². The number of nitrogens with one attached hydrogen (secondary N) is 1. The maximum Gasteiger partial charge on any atom is 0.123 e. The summed E-state index contributed by atoms with van der Waals surface area (Å²) in [5.74, 6) is 1.53. The van der Waals surface area contributed by atoms with Gasteiger partial charge in [-0.1, -0.05) is 6.07 Å². The lowest BCUT2D eigenvalue weighted by molar-refractivity contribution is 0.305. The average molecular weight is 234 g/mol. The standard InChI is InChI=1S/C14H19FN2/c1-10-4-14(15)3-2-11(10)7-17-8-12-5-16-6-13(12)9-17/h2-4,12-13,16H,5-9H2,1H3. The van der Waals surface area contributed by atoms with Crippen molar-refractivity contribution in [1.82, 2.24) is 10.2 Å². The molecular formula is C14H19FN2. The van der Waals surface area contributed by atoms with Gasteiger partial charge in [0.2, 0.25) is 0 Å². The molecule has 1 aromatic carbocycles. The third-order valence-electron chi connectivity index (χ3n) is 4.16. The van der Waals surface area contributed by atoms with Gasteiger partial charge in [-0.25, -0.2) is 4.39 Å². The highest BCUT2D eigenvalue weighted by Crippen LogP contribution is 2.27. The van der Waals surface area contributed by atoms with Gasteiger partial charge in [-0.05, 0) is 55.1 Å². The molecule has 1 N–H and O–H groups in total. The lowest BCUT2D eigenvalue weighted by Crippen LogP contribution is -2.25. The van der Waals surface area contributed by atoms with E-state index in [9.17, 15) is 4.39 Å². The van der Waals surface area contributed by atoms with Crippen molar-refractivity contribution in [2.75, 3.05) is 26.2 Å². The molecule has 0 aromatic heterocycles. The molecule has 0 aliphatic carbocycles. The van der Waals surface area contributed by atoms with Crippen LogP contribution in [-0.2, 0) is 6.54 Å². The lowest BCUT2D eigenvalue weighted by Gasteiger charge is -2.18. The van der Waals surface area contributed by atoms with Crippen LogP contribution in [0.2, 0.25) is 0 Å². The zero-order valence-corrected chi connectivity index (χ0v) is 10.2. The fourth-order valence-electron chi connectivity index (χ4n) is 3.16. The molecule has 17 heavy (non-hydrogen) atoms. The van der Waals surface area contributed by atoms with Gasteiger partial charge in [0.05, 0.1) is 0 Å². The number of hydrogen-bond donors (Lipinski definition) is 1. The van der Waals surface area contributed by atoms with Crippen LogP contribution in [0.15, 0.2) is 18.2 Å². The van der Waals surface area contributed by atoms with E-state index < -0.39 is 0 Å². The first kappa shape index (κ1) is 11.2. The second-order valence-corrected chi connectivity index (χ2v) is 5.44. The van der Waals surface area contributed by atoms with Crippen molar-refractivity contribution in [3.8, 4) is 0 Å². The minimum atomic E-state index is -0.131. The molecule has 2 aliphatic heterocycles. The number of halogens is 1. The summed E-state index contributed by atoms with van der Waals surface area (Å²) in [7, 11) is 0. The van der Waals surface area contributed by atoms with Crippen LogP contribution in [0.1, 0.15) is 11.1 Å². The van der Waals surface area contributed by atoms with Crippen molar-refractivity contribution in [1.29, 1.82) is 0 Å². The maximum atomic E-state index is 13.0. The largest absolute Gasteiger partial charge is 0.316 e. The molecule has 0 spiro atoms. The van der Waals surface area contributed by atoms with Crippen molar-refractivity contribution < 1.29 is 4.39 Å². The Bertz CT molecular complexity index is 407. The van der Waals surface area contributed by atoms with Crippen molar-refractivity contribution in [3.05, 3.63) is 35.1 Å². The fourth-order valence-corrected chi connectivity index (χ4v) is 3.16. The predicted octanol–water partition coefficient (Wildman–Crippen LogP) is 1.79. The van der Waals surface area contributed by atoms with Crippen LogP contribution in [0.3, 0.4) is 0 Å². The molecule has 92 valence electrons. The van der Waals surface area contributed by atoms with Gasteiger partial charge < -0.3 is 5.32 Å². The summed E-state index contributed by atoms with van der Waals surface area (Å²) in [6.45, 7) is 7.69. The van der Waals surface area contributed by atoms with Crippen LogP contribution in [0, 0.1) is 24.6 Å². The number of rotatable bonds is 2. The Morgan fingerprint density at radius 2 is 2.00 bits per heavy atom. The molecule has 2 fully saturated rings. The van der Waals surface area contributed by atoms with E-state index in [4.69, 9.17) is 0 Å². The number of nitrogens with zero attached hydrogens (tertiary/aromatic N) is 1. The summed E-state index contributed by atoms with van der Waals surface area (Å²) in [5, 5.41) is 3.45. The normalized spacial score (nSPS) is 28.6. The molecule has 0 bridgehead atoms. The molecule has 1 aromatic rings. The summed E-state index contributed by atoms with van der Waals surface area (Å²) in [5.41, 5.74) is 2.33. The Hall–Kier alpha value is -0.930. The van der Waals surface area contributed by atoms with Crippen LogP contribution in [0.4, 0.5) is 4.39 Å². The van der Waals surface area contributed by atoms with Gasteiger partial charge in [-0.2, -0.15) is 0 Å². The van der Waals surface area contributed by atoms with Crippen LogP contribution >= 0.6 is 0 Å². The summed E-state index contributed by atoms with van der Waals surface area (Å²) < 4.78 is 13.0. The summed E-state index contributed by atoms with van der Waals surface area (Å²) >= 11 is 0. The molecule has 0 radical (unpaired) electrons. The van der Waals surface area contributed by atoms with Gasteiger partial charge in [-0.15, -0.1) is 0 Å². The Balaban J connectivity index is 1.67. The number of hydrogen-bond acceptors (Lipinski definition) is 2. The molecule has 2 unspecified atom stereocenters. The quantitative estimate of drug-likeness (QED) is 0.839. The van der Waals surface area contributed by atoms with E-state index >= 15 is 0 Å². The summed E-state index contributed by atoms with van der Waals surface area (Å²) in [4.78, 5) is 2.51. The molecule has 2 saturated heterocycles. The number of aryl methyl sites for hydroxylation is 1. The lowest BCUT2D eigenvalue weighted by atomic mass is 10.0. The Kier molecular flexibility index (Phi) is 2.89. The zero-order chi connectivity index (χ0) is 11.8. The molecular weight excluding hydrogens is 215 g/mol. The van der Waals surface area contributed by atoms with Gasteiger partial charge in [0.15, 0.2) is 0 Å². The molecule has 2 heterocycles. The number of likely N-dealkylation sites (tertiary alicyclic amines) is 1. The third-order valence-corrected chi connectivity index (χ3v) is 4.16. The van der Waals surface area contributed by atoms with Crippen molar-refractivity contribution in [2.45, 2.75) is 13.5 Å². The minimum Gasteiger partial charge on any atom is -0.316 e. The van der Waals surface area contributed by atoms with Crippen LogP contribution in [-0.4, -0.2) is 31.1 Å². The van der Waals surface area contributed by atoms with E-state index in [1.165, 1.54) is 31.7 Å². The zero-order valence-electron chi connectivity index (χ0n) is 10.2. The highest BCUT2D eigenvalue weighted by molar-refractivity contribution is 5.26. The van der Waals surface area contributed by atoms with E-state index in [0.29, 0.717) is 0 Å². The maximum absolute atomic E-state index is 13.0. The average Bonchev–Trinajstić information content (AvgIpc) is 2.82. The Morgan fingerprint density at radius 1 is 1.29 bits per heavy atom. The fraction of sp³-hybridized carbons (Fsp3) is 0.571. The predicted molar refractivity (Wildman–Crippen MR) is 66.3 cm³/mol. The summed E-state index contributed by atoms with van der Waals surface area (Å²) in [6.07, 6.45) is 0. The third kappa shape index (κ3) is 2.22. The molecule has 0 amide bonds. The Morgan fingerprint density at radius 3 is 2.65 bits per heavy atom. The van der Waals surface area contributed by atoms with Crippen LogP contribution in [0.5, 0.6) is 0 Å². The minimum absolute atomic E-state index is 0.131. The first-order valence-corrected chi connectivity index (χ1v) is 6.40. The molecule has 2 atom stereocenters. The second-order valence-electron chi connectivity index (χ2n) is 5.44. The van der Waals surface area contributed by atoms with E-state index in [-0.39, 0.29) is 5.82 Å². The number of fused-ring (bicyclic) bond motifs is 1. The highest BCUT2D eigenvalue weighted by Gasteiger charge is 2.35.